The lowest BCUT2D eigenvalue weighted by Crippen LogP contribution is -2.24. The smallest absolute Gasteiger partial charge is 0.261 e. The van der Waals surface area contributed by atoms with Crippen LogP contribution in [-0.2, 0) is 11.2 Å². The number of carbonyl (C=O) groups excluding carboxylic acids is 1. The topological polar surface area (TPSA) is 64.1 Å². The van der Waals surface area contributed by atoms with Crippen LogP contribution in [0.2, 0.25) is 0 Å². The number of nitrogens with zero attached hydrogens (tertiary/aromatic N) is 2. The lowest BCUT2D eigenvalue weighted by atomic mass is 10.2. The van der Waals surface area contributed by atoms with Crippen LogP contribution in [0.4, 0.5) is 0 Å². The van der Waals surface area contributed by atoms with E-state index in [4.69, 9.17) is 4.74 Å². The van der Waals surface area contributed by atoms with E-state index in [-0.39, 0.29) is 12.0 Å². The number of nitrogens with one attached hydrogen (secondary N) is 1. The SMILES string of the molecule is O=C(NCCc1csc(-c2cccnc2)n1)c1ccc(C2CCCO2)s1. The molecule has 7 heteroatoms. The van der Waals surface area contributed by atoms with Gasteiger partial charge in [-0.1, -0.05) is 0 Å². The van der Waals surface area contributed by atoms with Crippen LogP contribution in [0.15, 0.2) is 42.0 Å². The Morgan fingerprint density at radius 2 is 2.31 bits per heavy atom. The normalized spacial score (nSPS) is 16.7. The van der Waals surface area contributed by atoms with Crippen LogP contribution in [0.5, 0.6) is 0 Å². The van der Waals surface area contributed by atoms with Gasteiger partial charge in [-0.3, -0.25) is 9.78 Å². The maximum atomic E-state index is 12.3. The van der Waals surface area contributed by atoms with Gasteiger partial charge < -0.3 is 10.1 Å². The fraction of sp³-hybridized carbons (Fsp3) is 0.316. The molecule has 0 bridgehead atoms. The van der Waals surface area contributed by atoms with Crippen LogP contribution < -0.4 is 5.32 Å². The third-order valence-corrected chi connectivity index (χ3v) is 6.34. The number of hydrogen-bond acceptors (Lipinski definition) is 6. The van der Waals surface area contributed by atoms with Gasteiger partial charge in [0.05, 0.1) is 16.7 Å². The van der Waals surface area contributed by atoms with Crippen LogP contribution >= 0.6 is 22.7 Å². The van der Waals surface area contributed by atoms with Crippen molar-refractivity contribution in [3.8, 4) is 10.6 Å². The molecule has 4 rings (SSSR count). The minimum Gasteiger partial charge on any atom is -0.373 e. The van der Waals surface area contributed by atoms with Crippen LogP contribution in [0.25, 0.3) is 10.6 Å². The molecule has 1 atom stereocenters. The van der Waals surface area contributed by atoms with Gasteiger partial charge in [-0.05, 0) is 37.1 Å². The van der Waals surface area contributed by atoms with Gasteiger partial charge in [0.1, 0.15) is 5.01 Å². The molecule has 3 aromatic heterocycles. The molecule has 26 heavy (non-hydrogen) atoms. The summed E-state index contributed by atoms with van der Waals surface area (Å²) >= 11 is 3.13. The fourth-order valence-corrected chi connectivity index (χ4v) is 4.74. The van der Waals surface area contributed by atoms with Crippen molar-refractivity contribution in [2.24, 2.45) is 0 Å². The lowest BCUT2D eigenvalue weighted by Gasteiger charge is -2.05. The molecular weight excluding hydrogens is 366 g/mol. The summed E-state index contributed by atoms with van der Waals surface area (Å²) in [6.45, 7) is 1.39. The molecule has 1 aliphatic heterocycles. The predicted molar refractivity (Wildman–Crippen MR) is 104 cm³/mol. The van der Waals surface area contributed by atoms with Crippen molar-refractivity contribution < 1.29 is 9.53 Å². The highest BCUT2D eigenvalue weighted by molar-refractivity contribution is 7.14. The highest BCUT2D eigenvalue weighted by Crippen LogP contribution is 2.33. The number of ether oxygens (including phenoxy) is 1. The maximum Gasteiger partial charge on any atom is 0.261 e. The van der Waals surface area contributed by atoms with Gasteiger partial charge >= 0.3 is 0 Å². The van der Waals surface area contributed by atoms with E-state index in [1.54, 1.807) is 17.5 Å². The number of carbonyl (C=O) groups is 1. The zero-order valence-electron chi connectivity index (χ0n) is 14.2. The summed E-state index contributed by atoms with van der Waals surface area (Å²) in [5.41, 5.74) is 2.01. The van der Waals surface area contributed by atoms with Gasteiger partial charge in [0, 0.05) is 47.8 Å². The molecule has 1 aliphatic rings. The molecule has 5 nitrogen and oxygen atoms in total. The molecule has 3 aromatic rings. The molecule has 1 saturated heterocycles. The van der Waals surface area contributed by atoms with Crippen molar-refractivity contribution >= 4 is 28.6 Å². The summed E-state index contributed by atoms with van der Waals surface area (Å²) in [6.07, 6.45) is 6.59. The van der Waals surface area contributed by atoms with Gasteiger partial charge in [-0.15, -0.1) is 22.7 Å². The number of amides is 1. The van der Waals surface area contributed by atoms with E-state index >= 15 is 0 Å². The van der Waals surface area contributed by atoms with Gasteiger partial charge in [-0.25, -0.2) is 4.98 Å². The summed E-state index contributed by atoms with van der Waals surface area (Å²) in [5, 5.41) is 5.98. The zero-order chi connectivity index (χ0) is 17.8. The molecule has 4 heterocycles. The van der Waals surface area contributed by atoms with Crippen LogP contribution in [0.1, 0.15) is 39.2 Å². The Morgan fingerprint density at radius 3 is 3.12 bits per heavy atom. The average molecular weight is 386 g/mol. The summed E-state index contributed by atoms with van der Waals surface area (Å²) in [4.78, 5) is 23.0. The maximum absolute atomic E-state index is 12.3. The van der Waals surface area contributed by atoms with E-state index < -0.39 is 0 Å². The first-order chi connectivity index (χ1) is 12.8. The Hall–Kier alpha value is -2.09. The average Bonchev–Trinajstić information content (AvgIpc) is 3.42. The van der Waals surface area contributed by atoms with Crippen molar-refractivity contribution in [2.75, 3.05) is 13.2 Å². The molecule has 0 aromatic carbocycles. The van der Waals surface area contributed by atoms with Crippen molar-refractivity contribution in [1.82, 2.24) is 15.3 Å². The second-order valence-electron chi connectivity index (χ2n) is 6.10. The Kier molecular flexibility index (Phi) is 5.38. The van der Waals surface area contributed by atoms with E-state index in [0.29, 0.717) is 13.0 Å². The number of thiazole rings is 1. The monoisotopic (exact) mass is 385 g/mol. The fourth-order valence-electron chi connectivity index (χ4n) is 2.88. The second kappa shape index (κ2) is 8.07. The number of pyridine rings is 1. The van der Waals surface area contributed by atoms with E-state index in [1.165, 1.54) is 11.3 Å². The third-order valence-electron chi connectivity index (χ3n) is 4.22. The predicted octanol–water partition coefficient (Wildman–Crippen LogP) is 4.09. The van der Waals surface area contributed by atoms with Gasteiger partial charge in [0.25, 0.3) is 5.91 Å². The first-order valence-corrected chi connectivity index (χ1v) is 10.3. The standard InChI is InChI=1S/C19H19N3O2S2/c23-18(17-6-5-16(26-17)15-4-2-10-24-15)21-9-7-14-12-25-19(22-14)13-3-1-8-20-11-13/h1,3,5-6,8,11-12,15H,2,4,7,9-10H2,(H,21,23). The molecule has 0 saturated carbocycles. The molecule has 0 radical (unpaired) electrons. The number of rotatable bonds is 6. The largest absolute Gasteiger partial charge is 0.373 e. The van der Waals surface area contributed by atoms with Crippen molar-refractivity contribution in [2.45, 2.75) is 25.4 Å². The Morgan fingerprint density at radius 1 is 1.35 bits per heavy atom. The molecule has 1 fully saturated rings. The Bertz CT molecular complexity index is 870. The van der Waals surface area contributed by atoms with Crippen LogP contribution in [0.3, 0.4) is 0 Å². The Balaban J connectivity index is 1.29. The first-order valence-electron chi connectivity index (χ1n) is 8.64. The summed E-state index contributed by atoms with van der Waals surface area (Å²) in [6, 6.07) is 7.80. The van der Waals surface area contributed by atoms with Crippen molar-refractivity contribution in [3.05, 3.63) is 57.5 Å². The minimum absolute atomic E-state index is 0.0260. The lowest BCUT2D eigenvalue weighted by molar-refractivity contribution is 0.0958. The molecule has 134 valence electrons. The van der Waals surface area contributed by atoms with Crippen molar-refractivity contribution in [3.63, 3.8) is 0 Å². The van der Waals surface area contributed by atoms with E-state index in [1.807, 2.05) is 35.8 Å². The molecular formula is C19H19N3O2S2. The minimum atomic E-state index is -0.0260. The van der Waals surface area contributed by atoms with Crippen molar-refractivity contribution in [1.29, 1.82) is 0 Å². The van der Waals surface area contributed by atoms with E-state index in [0.717, 1.165) is 45.5 Å². The van der Waals surface area contributed by atoms with Crippen LogP contribution in [0, 0.1) is 0 Å². The molecule has 1 amide bonds. The van der Waals surface area contributed by atoms with E-state index in [9.17, 15) is 4.79 Å². The van der Waals surface area contributed by atoms with Gasteiger partial charge in [-0.2, -0.15) is 0 Å². The quantitative estimate of drug-likeness (QED) is 0.694. The summed E-state index contributed by atoms with van der Waals surface area (Å²) in [5.74, 6) is -0.0260. The van der Waals surface area contributed by atoms with Gasteiger partial charge in [0.2, 0.25) is 0 Å². The van der Waals surface area contributed by atoms with Gasteiger partial charge in [0.15, 0.2) is 0 Å². The number of aromatic nitrogens is 2. The third kappa shape index (κ3) is 4.00. The zero-order valence-corrected chi connectivity index (χ0v) is 15.8. The molecule has 0 aliphatic carbocycles. The Labute approximate surface area is 160 Å². The highest BCUT2D eigenvalue weighted by Gasteiger charge is 2.20. The molecule has 0 spiro atoms. The number of hydrogen-bond donors (Lipinski definition) is 1. The van der Waals surface area contributed by atoms with E-state index in [2.05, 4.69) is 15.3 Å². The first kappa shape index (κ1) is 17.3. The second-order valence-corrected chi connectivity index (χ2v) is 8.07. The summed E-state index contributed by atoms with van der Waals surface area (Å²) < 4.78 is 5.68. The molecule has 1 N–H and O–H groups in total. The van der Waals surface area contributed by atoms with Crippen LogP contribution in [-0.4, -0.2) is 29.0 Å². The number of thiophene rings is 1. The molecule has 1 unspecified atom stereocenters. The summed E-state index contributed by atoms with van der Waals surface area (Å²) in [7, 11) is 0. The highest BCUT2D eigenvalue weighted by atomic mass is 32.1.